The van der Waals surface area contributed by atoms with E-state index in [4.69, 9.17) is 16.3 Å². The van der Waals surface area contributed by atoms with E-state index < -0.39 is 24.2 Å². The molecule has 23 heavy (non-hydrogen) atoms. The van der Waals surface area contributed by atoms with E-state index in [1.54, 1.807) is 18.2 Å². The summed E-state index contributed by atoms with van der Waals surface area (Å²) in [4.78, 5) is 23.3. The molecule has 0 radical (unpaired) electrons. The SMILES string of the molecule is O=C(COc1ccc(Br)cc1F)NNC(=O)c1ccc(Cl)cc1. The zero-order valence-electron chi connectivity index (χ0n) is 11.6. The zero-order chi connectivity index (χ0) is 16.8. The van der Waals surface area contributed by atoms with Gasteiger partial charge in [-0.2, -0.15) is 0 Å². The van der Waals surface area contributed by atoms with Crippen LogP contribution in [-0.2, 0) is 4.79 Å². The molecule has 0 atom stereocenters. The Morgan fingerprint density at radius 2 is 1.83 bits per heavy atom. The number of carbonyl (C=O) groups is 2. The van der Waals surface area contributed by atoms with Crippen molar-refractivity contribution >= 4 is 39.3 Å². The molecule has 0 spiro atoms. The zero-order valence-corrected chi connectivity index (χ0v) is 13.9. The van der Waals surface area contributed by atoms with E-state index in [0.29, 0.717) is 15.1 Å². The van der Waals surface area contributed by atoms with Gasteiger partial charge in [0, 0.05) is 15.1 Å². The van der Waals surface area contributed by atoms with Crippen LogP contribution in [0.4, 0.5) is 4.39 Å². The Balaban J connectivity index is 1.81. The fourth-order valence-electron chi connectivity index (χ4n) is 1.57. The van der Waals surface area contributed by atoms with E-state index in [2.05, 4.69) is 26.8 Å². The van der Waals surface area contributed by atoms with Crippen LogP contribution in [-0.4, -0.2) is 18.4 Å². The van der Waals surface area contributed by atoms with Gasteiger partial charge < -0.3 is 4.74 Å². The lowest BCUT2D eigenvalue weighted by atomic mass is 10.2. The van der Waals surface area contributed by atoms with Crippen molar-refractivity contribution in [1.29, 1.82) is 0 Å². The lowest BCUT2D eigenvalue weighted by Gasteiger charge is -2.09. The van der Waals surface area contributed by atoms with Crippen LogP contribution in [0.15, 0.2) is 46.9 Å². The fraction of sp³-hybridized carbons (Fsp3) is 0.0667. The van der Waals surface area contributed by atoms with Gasteiger partial charge in [-0.15, -0.1) is 0 Å². The summed E-state index contributed by atoms with van der Waals surface area (Å²) in [6.45, 7) is -0.445. The van der Waals surface area contributed by atoms with Crippen LogP contribution in [0.25, 0.3) is 0 Å². The van der Waals surface area contributed by atoms with Gasteiger partial charge in [0.25, 0.3) is 11.8 Å². The number of hydrogen-bond donors (Lipinski definition) is 2. The van der Waals surface area contributed by atoms with Gasteiger partial charge in [-0.3, -0.25) is 20.4 Å². The average molecular weight is 402 g/mol. The van der Waals surface area contributed by atoms with Crippen molar-refractivity contribution in [2.45, 2.75) is 0 Å². The van der Waals surface area contributed by atoms with E-state index in [-0.39, 0.29) is 5.75 Å². The Hall–Kier alpha value is -2.12. The number of halogens is 3. The normalized spacial score (nSPS) is 10.0. The highest BCUT2D eigenvalue weighted by Crippen LogP contribution is 2.21. The molecular formula is C15H11BrClFN2O3. The molecule has 0 bridgehead atoms. The molecule has 2 rings (SSSR count). The first-order chi connectivity index (χ1) is 11.0. The van der Waals surface area contributed by atoms with Crippen molar-refractivity contribution in [3.63, 3.8) is 0 Å². The Morgan fingerprint density at radius 3 is 2.48 bits per heavy atom. The van der Waals surface area contributed by atoms with Gasteiger partial charge >= 0.3 is 0 Å². The summed E-state index contributed by atoms with van der Waals surface area (Å²) in [7, 11) is 0. The predicted octanol–water partition coefficient (Wildman–Crippen LogP) is 3.08. The first-order valence-corrected chi connectivity index (χ1v) is 7.55. The smallest absolute Gasteiger partial charge is 0.276 e. The van der Waals surface area contributed by atoms with E-state index in [0.717, 1.165) is 0 Å². The Kier molecular flexibility index (Phi) is 5.95. The summed E-state index contributed by atoms with van der Waals surface area (Å²) in [6.07, 6.45) is 0. The van der Waals surface area contributed by atoms with Gasteiger partial charge in [-0.25, -0.2) is 4.39 Å². The molecule has 2 aromatic carbocycles. The molecule has 0 aliphatic rings. The Bertz CT molecular complexity index is 725. The van der Waals surface area contributed by atoms with Gasteiger partial charge in [0.15, 0.2) is 18.2 Å². The van der Waals surface area contributed by atoms with E-state index in [1.807, 2.05) is 0 Å². The van der Waals surface area contributed by atoms with Crippen LogP contribution in [0.3, 0.4) is 0 Å². The summed E-state index contributed by atoms with van der Waals surface area (Å²) < 4.78 is 19.1. The van der Waals surface area contributed by atoms with E-state index >= 15 is 0 Å². The number of rotatable bonds is 4. The lowest BCUT2D eigenvalue weighted by Crippen LogP contribution is -2.43. The monoisotopic (exact) mass is 400 g/mol. The molecule has 2 amide bonds. The van der Waals surface area contributed by atoms with E-state index in [1.165, 1.54) is 24.3 Å². The maximum atomic E-state index is 13.5. The molecule has 8 heteroatoms. The van der Waals surface area contributed by atoms with Crippen LogP contribution in [0.1, 0.15) is 10.4 Å². The molecule has 0 aliphatic heterocycles. The van der Waals surface area contributed by atoms with Crippen molar-refractivity contribution in [2.75, 3.05) is 6.61 Å². The Morgan fingerprint density at radius 1 is 1.13 bits per heavy atom. The first kappa shape index (κ1) is 17.2. The number of hydrogen-bond acceptors (Lipinski definition) is 3. The third kappa shape index (κ3) is 5.22. The number of carbonyl (C=O) groups excluding carboxylic acids is 2. The quantitative estimate of drug-likeness (QED) is 0.774. The van der Waals surface area contributed by atoms with Crippen molar-refractivity contribution in [1.82, 2.24) is 10.9 Å². The molecular weight excluding hydrogens is 391 g/mol. The number of hydrazine groups is 1. The van der Waals surface area contributed by atoms with Gasteiger partial charge in [0.05, 0.1) is 0 Å². The van der Waals surface area contributed by atoms with Gasteiger partial charge in [0.1, 0.15) is 0 Å². The molecule has 2 aromatic rings. The second-order valence-corrected chi connectivity index (χ2v) is 5.72. The minimum atomic E-state index is -0.630. The van der Waals surface area contributed by atoms with Crippen LogP contribution < -0.4 is 15.6 Å². The summed E-state index contributed by atoms with van der Waals surface area (Å²) in [6, 6.07) is 10.3. The standard InChI is InChI=1S/C15H11BrClFN2O3/c16-10-3-6-13(12(18)7-10)23-8-14(21)19-20-15(22)9-1-4-11(17)5-2-9/h1-7H,8H2,(H,19,21)(H,20,22). The van der Waals surface area contributed by atoms with E-state index in [9.17, 15) is 14.0 Å². The number of amides is 2. The van der Waals surface area contributed by atoms with Crippen molar-refractivity contribution < 1.29 is 18.7 Å². The third-order valence-electron chi connectivity index (χ3n) is 2.67. The predicted molar refractivity (Wildman–Crippen MR) is 86.7 cm³/mol. The first-order valence-electron chi connectivity index (χ1n) is 6.38. The highest BCUT2D eigenvalue weighted by molar-refractivity contribution is 9.10. The highest BCUT2D eigenvalue weighted by Gasteiger charge is 2.09. The molecule has 120 valence electrons. The maximum Gasteiger partial charge on any atom is 0.276 e. The summed E-state index contributed by atoms with van der Waals surface area (Å²) >= 11 is 8.83. The van der Waals surface area contributed by atoms with Gasteiger partial charge in [-0.05, 0) is 42.5 Å². The molecule has 0 unspecified atom stereocenters. The Labute approximate surface area is 144 Å². The topological polar surface area (TPSA) is 67.4 Å². The van der Waals surface area contributed by atoms with Crippen LogP contribution in [0.2, 0.25) is 5.02 Å². The molecule has 5 nitrogen and oxygen atoms in total. The highest BCUT2D eigenvalue weighted by atomic mass is 79.9. The van der Waals surface area contributed by atoms with Crippen LogP contribution in [0.5, 0.6) is 5.75 Å². The molecule has 0 aliphatic carbocycles. The minimum absolute atomic E-state index is 0.0626. The number of ether oxygens (including phenoxy) is 1. The van der Waals surface area contributed by atoms with Crippen molar-refractivity contribution in [3.8, 4) is 5.75 Å². The van der Waals surface area contributed by atoms with Gasteiger partial charge in [0.2, 0.25) is 0 Å². The second kappa shape index (κ2) is 7.94. The summed E-state index contributed by atoms with van der Waals surface area (Å²) in [5.41, 5.74) is 4.71. The molecule has 0 heterocycles. The summed E-state index contributed by atoms with van der Waals surface area (Å²) in [5.74, 6) is -1.80. The molecule has 2 N–H and O–H groups in total. The third-order valence-corrected chi connectivity index (χ3v) is 3.42. The summed E-state index contributed by atoms with van der Waals surface area (Å²) in [5, 5.41) is 0.496. The van der Waals surface area contributed by atoms with Crippen molar-refractivity contribution in [3.05, 3.63) is 63.3 Å². The molecule has 0 saturated heterocycles. The maximum absolute atomic E-state index is 13.5. The number of nitrogens with one attached hydrogen (secondary N) is 2. The van der Waals surface area contributed by atoms with Crippen molar-refractivity contribution in [2.24, 2.45) is 0 Å². The van der Waals surface area contributed by atoms with Crippen LogP contribution in [0, 0.1) is 5.82 Å². The van der Waals surface area contributed by atoms with Gasteiger partial charge in [-0.1, -0.05) is 27.5 Å². The largest absolute Gasteiger partial charge is 0.481 e. The lowest BCUT2D eigenvalue weighted by molar-refractivity contribution is -0.123. The fourth-order valence-corrected chi connectivity index (χ4v) is 2.03. The average Bonchev–Trinajstić information content (AvgIpc) is 2.52. The second-order valence-electron chi connectivity index (χ2n) is 4.37. The minimum Gasteiger partial charge on any atom is -0.481 e. The van der Waals surface area contributed by atoms with Crippen LogP contribution >= 0.6 is 27.5 Å². The number of benzene rings is 2. The molecule has 0 fully saturated rings. The molecule has 0 saturated carbocycles. The molecule has 0 aromatic heterocycles.